The van der Waals surface area contributed by atoms with Crippen molar-refractivity contribution in [1.29, 1.82) is 0 Å². The number of rotatable bonds is 4. The number of nitrogens with zero attached hydrogens (tertiary/aromatic N) is 1. The number of likely N-dealkylation sites (tertiary alicyclic amines) is 1. The summed E-state index contributed by atoms with van der Waals surface area (Å²) in [7, 11) is 0. The van der Waals surface area contributed by atoms with Crippen molar-refractivity contribution in [2.45, 2.75) is 25.3 Å². The molecule has 3 nitrogen and oxygen atoms in total. The molecular weight excluding hydrogens is 200 g/mol. The van der Waals surface area contributed by atoms with Crippen molar-refractivity contribution < 1.29 is 5.11 Å². The van der Waals surface area contributed by atoms with Crippen LogP contribution in [0.3, 0.4) is 0 Å². The Morgan fingerprint density at radius 2 is 1.81 bits per heavy atom. The van der Waals surface area contributed by atoms with Crippen molar-refractivity contribution in [2.75, 3.05) is 19.6 Å². The van der Waals surface area contributed by atoms with E-state index in [-0.39, 0.29) is 0 Å². The number of phenolic OH excluding ortho intramolecular Hbond substituents is 1. The third-order valence-electron chi connectivity index (χ3n) is 3.34. The van der Waals surface area contributed by atoms with Crippen LogP contribution in [0, 0.1) is 0 Å². The number of benzene rings is 1. The third kappa shape index (κ3) is 2.74. The van der Waals surface area contributed by atoms with Crippen molar-refractivity contribution in [1.82, 2.24) is 4.90 Å². The quantitative estimate of drug-likeness (QED) is 0.805. The first-order valence-electron chi connectivity index (χ1n) is 6.01. The van der Waals surface area contributed by atoms with Gasteiger partial charge in [0, 0.05) is 12.6 Å². The molecule has 0 spiro atoms. The fourth-order valence-electron chi connectivity index (χ4n) is 2.37. The lowest BCUT2D eigenvalue weighted by molar-refractivity contribution is 0.246. The van der Waals surface area contributed by atoms with E-state index in [1.54, 1.807) is 12.1 Å². The molecule has 1 aliphatic rings. The fourth-order valence-corrected chi connectivity index (χ4v) is 2.37. The van der Waals surface area contributed by atoms with Crippen molar-refractivity contribution >= 4 is 0 Å². The summed E-state index contributed by atoms with van der Waals surface area (Å²) >= 11 is 0. The zero-order valence-electron chi connectivity index (χ0n) is 9.60. The van der Waals surface area contributed by atoms with Crippen LogP contribution in [0.25, 0.3) is 0 Å². The summed E-state index contributed by atoms with van der Waals surface area (Å²) in [5.74, 6) is 0.328. The lowest BCUT2D eigenvalue weighted by Crippen LogP contribution is -2.40. The summed E-state index contributed by atoms with van der Waals surface area (Å²) in [6, 6.07) is 7.90. The first kappa shape index (κ1) is 11.4. The van der Waals surface area contributed by atoms with Crippen LogP contribution in [0.2, 0.25) is 0 Å². The molecule has 0 saturated carbocycles. The molecular formula is C13H20N2O. The van der Waals surface area contributed by atoms with Gasteiger partial charge in [0.2, 0.25) is 0 Å². The Hall–Kier alpha value is -1.06. The summed E-state index contributed by atoms with van der Waals surface area (Å²) in [5.41, 5.74) is 7.09. The molecule has 2 rings (SSSR count). The van der Waals surface area contributed by atoms with E-state index in [0.29, 0.717) is 18.3 Å². The van der Waals surface area contributed by atoms with Gasteiger partial charge in [-0.2, -0.15) is 0 Å². The zero-order valence-corrected chi connectivity index (χ0v) is 9.60. The van der Waals surface area contributed by atoms with Gasteiger partial charge >= 0.3 is 0 Å². The molecule has 3 N–H and O–H groups in total. The first-order chi connectivity index (χ1) is 7.79. The predicted molar refractivity (Wildman–Crippen MR) is 65.5 cm³/mol. The highest BCUT2D eigenvalue weighted by molar-refractivity contribution is 5.26. The summed E-state index contributed by atoms with van der Waals surface area (Å²) in [6.45, 7) is 3.07. The molecule has 0 aromatic heterocycles. The molecule has 0 amide bonds. The van der Waals surface area contributed by atoms with Gasteiger partial charge < -0.3 is 10.8 Å². The summed E-state index contributed by atoms with van der Waals surface area (Å²) < 4.78 is 0. The number of phenols is 1. The number of hydrogen-bond acceptors (Lipinski definition) is 3. The zero-order chi connectivity index (χ0) is 11.4. The van der Waals surface area contributed by atoms with Crippen LogP contribution >= 0.6 is 0 Å². The largest absolute Gasteiger partial charge is 0.508 e. The minimum Gasteiger partial charge on any atom is -0.508 e. The van der Waals surface area contributed by atoms with Gasteiger partial charge in [0.1, 0.15) is 5.75 Å². The molecule has 1 aromatic carbocycles. The molecule has 1 heterocycles. The SMILES string of the molecule is NC[C@H](Cc1ccc(O)cc1)N1CCCC1. The van der Waals surface area contributed by atoms with Gasteiger partial charge in [-0.1, -0.05) is 12.1 Å². The maximum absolute atomic E-state index is 9.22. The Morgan fingerprint density at radius 3 is 2.38 bits per heavy atom. The van der Waals surface area contributed by atoms with Crippen LogP contribution in [-0.4, -0.2) is 35.7 Å². The Kier molecular flexibility index (Phi) is 3.80. The predicted octanol–water partition coefficient (Wildman–Crippen LogP) is 1.36. The van der Waals surface area contributed by atoms with Gasteiger partial charge in [-0.3, -0.25) is 4.90 Å². The van der Waals surface area contributed by atoms with Crippen molar-refractivity contribution in [3.63, 3.8) is 0 Å². The topological polar surface area (TPSA) is 49.5 Å². The molecule has 1 aliphatic heterocycles. The van der Waals surface area contributed by atoms with Gasteiger partial charge in [0.05, 0.1) is 0 Å². The second-order valence-electron chi connectivity index (χ2n) is 4.50. The molecule has 16 heavy (non-hydrogen) atoms. The van der Waals surface area contributed by atoms with Crippen molar-refractivity contribution in [3.05, 3.63) is 29.8 Å². The Balaban J connectivity index is 1.97. The van der Waals surface area contributed by atoms with Gasteiger partial charge in [0.25, 0.3) is 0 Å². The Morgan fingerprint density at radius 1 is 1.19 bits per heavy atom. The van der Waals surface area contributed by atoms with Gasteiger partial charge in [0.15, 0.2) is 0 Å². The molecule has 0 aliphatic carbocycles. The third-order valence-corrected chi connectivity index (χ3v) is 3.34. The maximum atomic E-state index is 9.22. The molecule has 0 unspecified atom stereocenters. The molecule has 1 saturated heterocycles. The highest BCUT2D eigenvalue weighted by atomic mass is 16.3. The van der Waals surface area contributed by atoms with E-state index in [2.05, 4.69) is 4.90 Å². The molecule has 1 fully saturated rings. The number of aromatic hydroxyl groups is 1. The van der Waals surface area contributed by atoms with Crippen molar-refractivity contribution in [3.8, 4) is 5.75 Å². The molecule has 1 aromatic rings. The van der Waals surface area contributed by atoms with Gasteiger partial charge in [-0.25, -0.2) is 0 Å². The van der Waals surface area contributed by atoms with E-state index < -0.39 is 0 Å². The molecule has 0 radical (unpaired) electrons. The molecule has 3 heteroatoms. The normalized spacial score (nSPS) is 18.8. The summed E-state index contributed by atoms with van der Waals surface area (Å²) in [4.78, 5) is 2.48. The highest BCUT2D eigenvalue weighted by Gasteiger charge is 2.20. The average Bonchev–Trinajstić information content (AvgIpc) is 2.82. The van der Waals surface area contributed by atoms with E-state index in [9.17, 15) is 5.11 Å². The smallest absolute Gasteiger partial charge is 0.115 e. The number of hydrogen-bond donors (Lipinski definition) is 2. The standard InChI is InChI=1S/C13H20N2O/c14-10-12(15-7-1-2-8-15)9-11-3-5-13(16)6-4-11/h3-6,12,16H,1-2,7-10,14H2/t12-/m0/s1. The number of nitrogens with two attached hydrogens (primary N) is 1. The summed E-state index contributed by atoms with van der Waals surface area (Å²) in [6.07, 6.45) is 3.58. The molecule has 88 valence electrons. The fraction of sp³-hybridized carbons (Fsp3) is 0.538. The van der Waals surface area contributed by atoms with E-state index in [0.717, 1.165) is 6.42 Å². The van der Waals surface area contributed by atoms with Crippen LogP contribution < -0.4 is 5.73 Å². The molecule has 1 atom stereocenters. The second kappa shape index (κ2) is 5.32. The van der Waals surface area contributed by atoms with Crippen LogP contribution in [0.15, 0.2) is 24.3 Å². The summed E-state index contributed by atoms with van der Waals surface area (Å²) in [5, 5.41) is 9.22. The van der Waals surface area contributed by atoms with Crippen LogP contribution in [-0.2, 0) is 6.42 Å². The van der Waals surface area contributed by atoms with Crippen molar-refractivity contribution in [2.24, 2.45) is 5.73 Å². The first-order valence-corrected chi connectivity index (χ1v) is 6.01. The van der Waals surface area contributed by atoms with Crippen LogP contribution in [0.5, 0.6) is 5.75 Å². The highest BCUT2D eigenvalue weighted by Crippen LogP contribution is 2.16. The lowest BCUT2D eigenvalue weighted by Gasteiger charge is -2.26. The second-order valence-corrected chi connectivity index (χ2v) is 4.50. The van der Waals surface area contributed by atoms with Crippen LogP contribution in [0.1, 0.15) is 18.4 Å². The van der Waals surface area contributed by atoms with E-state index in [1.165, 1.54) is 31.5 Å². The van der Waals surface area contributed by atoms with E-state index in [1.807, 2.05) is 12.1 Å². The van der Waals surface area contributed by atoms with Gasteiger partial charge in [-0.15, -0.1) is 0 Å². The lowest BCUT2D eigenvalue weighted by atomic mass is 10.0. The minimum absolute atomic E-state index is 0.328. The minimum atomic E-state index is 0.328. The van der Waals surface area contributed by atoms with Crippen LogP contribution in [0.4, 0.5) is 0 Å². The average molecular weight is 220 g/mol. The monoisotopic (exact) mass is 220 g/mol. The van der Waals surface area contributed by atoms with Gasteiger partial charge in [-0.05, 0) is 50.0 Å². The Labute approximate surface area is 96.9 Å². The maximum Gasteiger partial charge on any atom is 0.115 e. The Bertz CT molecular complexity index is 317. The van der Waals surface area contributed by atoms with E-state index >= 15 is 0 Å². The molecule has 0 bridgehead atoms. The van der Waals surface area contributed by atoms with E-state index in [4.69, 9.17) is 5.73 Å².